The minimum Gasteiger partial charge on any atom is -0.463 e. The van der Waals surface area contributed by atoms with Crippen molar-refractivity contribution in [3.63, 3.8) is 0 Å². The van der Waals surface area contributed by atoms with Crippen molar-refractivity contribution in [3.8, 4) is 0 Å². The highest BCUT2D eigenvalue weighted by atomic mass is 16.6. The van der Waals surface area contributed by atoms with E-state index in [9.17, 15) is 9.59 Å². The zero-order chi connectivity index (χ0) is 15.6. The van der Waals surface area contributed by atoms with Crippen LogP contribution in [0, 0.1) is 0 Å². The Kier molecular flexibility index (Phi) is 16.1. The van der Waals surface area contributed by atoms with Crippen molar-refractivity contribution in [3.05, 3.63) is 0 Å². The van der Waals surface area contributed by atoms with Gasteiger partial charge >= 0.3 is 5.97 Å². The summed E-state index contributed by atoms with van der Waals surface area (Å²) in [7, 11) is 0. The maximum Gasteiger partial charge on any atom is 0.344 e. The van der Waals surface area contributed by atoms with Crippen LogP contribution in [0.15, 0.2) is 0 Å². The van der Waals surface area contributed by atoms with Crippen LogP contribution in [-0.2, 0) is 19.1 Å². The van der Waals surface area contributed by atoms with Crippen molar-refractivity contribution in [2.75, 3.05) is 13.2 Å². The molecule has 0 saturated heterocycles. The van der Waals surface area contributed by atoms with Crippen LogP contribution in [0.25, 0.3) is 0 Å². The van der Waals surface area contributed by atoms with Gasteiger partial charge in [0, 0.05) is 0 Å². The molecule has 0 radical (unpaired) electrons. The third-order valence-corrected chi connectivity index (χ3v) is 3.53. The topological polar surface area (TPSA) is 52.6 Å². The molecule has 0 bridgehead atoms. The molecule has 0 saturated carbocycles. The molecule has 0 aromatic rings. The number of carbonyl (C=O) groups excluding carboxylic acids is 2. The van der Waals surface area contributed by atoms with E-state index in [1.54, 1.807) is 0 Å². The first kappa shape index (κ1) is 19.9. The summed E-state index contributed by atoms with van der Waals surface area (Å²) in [4.78, 5) is 20.9. The SMILES string of the molecule is CCCCCCCCCCCCCCOC(=O)COC=O. The van der Waals surface area contributed by atoms with Gasteiger partial charge in [0.05, 0.1) is 6.61 Å². The van der Waals surface area contributed by atoms with E-state index >= 15 is 0 Å². The lowest BCUT2D eigenvalue weighted by Gasteiger charge is -2.04. The van der Waals surface area contributed by atoms with Crippen LogP contribution >= 0.6 is 0 Å². The molecule has 0 fully saturated rings. The van der Waals surface area contributed by atoms with Crippen LogP contribution in [0.5, 0.6) is 0 Å². The third kappa shape index (κ3) is 16.9. The van der Waals surface area contributed by atoms with Gasteiger partial charge in [0.1, 0.15) is 0 Å². The van der Waals surface area contributed by atoms with Crippen LogP contribution in [0.3, 0.4) is 0 Å². The average Bonchev–Trinajstić information content (AvgIpc) is 2.49. The summed E-state index contributed by atoms with van der Waals surface area (Å²) in [5.41, 5.74) is 0. The van der Waals surface area contributed by atoms with Gasteiger partial charge in [-0.2, -0.15) is 0 Å². The van der Waals surface area contributed by atoms with Gasteiger partial charge in [-0.15, -0.1) is 0 Å². The predicted octanol–water partition coefficient (Wildman–Crippen LogP) is 4.40. The largest absolute Gasteiger partial charge is 0.463 e. The maximum absolute atomic E-state index is 11.0. The lowest BCUT2D eigenvalue weighted by molar-refractivity contribution is -0.153. The Morgan fingerprint density at radius 2 is 1.29 bits per heavy atom. The van der Waals surface area contributed by atoms with E-state index in [-0.39, 0.29) is 13.1 Å². The Bertz CT molecular complexity index is 241. The molecule has 0 heterocycles. The smallest absolute Gasteiger partial charge is 0.344 e. The molecule has 0 aliphatic carbocycles. The van der Waals surface area contributed by atoms with Gasteiger partial charge in [-0.05, 0) is 6.42 Å². The van der Waals surface area contributed by atoms with Crippen LogP contribution in [-0.4, -0.2) is 25.7 Å². The fraction of sp³-hybridized carbons (Fsp3) is 0.882. The van der Waals surface area contributed by atoms with Gasteiger partial charge in [0.2, 0.25) is 0 Å². The first-order valence-electron chi connectivity index (χ1n) is 8.52. The predicted molar refractivity (Wildman–Crippen MR) is 84.1 cm³/mol. The second-order valence-corrected chi connectivity index (χ2v) is 5.52. The van der Waals surface area contributed by atoms with E-state index in [1.807, 2.05) is 0 Å². The molecular weight excluding hydrogens is 268 g/mol. The first-order valence-corrected chi connectivity index (χ1v) is 8.52. The standard InChI is InChI=1S/C17H32O4/c1-2-3-4-5-6-7-8-9-10-11-12-13-14-21-17(19)15-20-16-18/h16H,2-15H2,1H3. The summed E-state index contributed by atoms with van der Waals surface area (Å²) in [6.07, 6.45) is 15.4. The van der Waals surface area contributed by atoms with Crippen molar-refractivity contribution in [2.24, 2.45) is 0 Å². The van der Waals surface area contributed by atoms with Crippen molar-refractivity contribution < 1.29 is 19.1 Å². The minimum atomic E-state index is -0.467. The molecule has 124 valence electrons. The molecule has 0 aromatic carbocycles. The molecule has 0 aliphatic heterocycles. The van der Waals surface area contributed by atoms with Gasteiger partial charge in [0.25, 0.3) is 6.47 Å². The molecule has 4 heteroatoms. The molecule has 0 aliphatic rings. The minimum absolute atomic E-state index is 0.255. The number of rotatable bonds is 16. The fourth-order valence-electron chi connectivity index (χ4n) is 2.27. The van der Waals surface area contributed by atoms with Gasteiger partial charge in [-0.3, -0.25) is 4.79 Å². The van der Waals surface area contributed by atoms with Crippen molar-refractivity contribution >= 4 is 12.4 Å². The lowest BCUT2D eigenvalue weighted by atomic mass is 10.1. The Morgan fingerprint density at radius 3 is 1.76 bits per heavy atom. The summed E-state index contributed by atoms with van der Waals surface area (Å²) in [5.74, 6) is -0.467. The van der Waals surface area contributed by atoms with E-state index < -0.39 is 5.97 Å². The summed E-state index contributed by atoms with van der Waals surface area (Å²) >= 11 is 0. The number of carbonyl (C=O) groups is 2. The molecule has 4 nitrogen and oxygen atoms in total. The third-order valence-electron chi connectivity index (χ3n) is 3.53. The van der Waals surface area contributed by atoms with E-state index in [1.165, 1.54) is 64.2 Å². The Labute approximate surface area is 129 Å². The summed E-state index contributed by atoms with van der Waals surface area (Å²) < 4.78 is 9.22. The molecule has 0 amide bonds. The second-order valence-electron chi connectivity index (χ2n) is 5.52. The molecule has 0 spiro atoms. The van der Waals surface area contributed by atoms with Crippen LogP contribution in [0.1, 0.15) is 84.0 Å². The Balaban J connectivity index is 3.05. The fourth-order valence-corrected chi connectivity index (χ4v) is 2.27. The highest BCUT2D eigenvalue weighted by Crippen LogP contribution is 2.11. The number of hydrogen-bond donors (Lipinski definition) is 0. The lowest BCUT2D eigenvalue weighted by Crippen LogP contribution is -2.12. The quantitative estimate of drug-likeness (QED) is 0.241. The molecular formula is C17H32O4. The maximum atomic E-state index is 11.0. The van der Waals surface area contributed by atoms with Crippen molar-refractivity contribution in [1.29, 1.82) is 0 Å². The first-order chi connectivity index (χ1) is 10.3. The van der Waals surface area contributed by atoms with Crippen LogP contribution < -0.4 is 0 Å². The summed E-state index contributed by atoms with van der Waals surface area (Å²) in [6.45, 7) is 2.66. The molecule has 0 aromatic heterocycles. The highest BCUT2D eigenvalue weighted by Gasteiger charge is 2.01. The summed E-state index contributed by atoms with van der Waals surface area (Å²) in [6, 6.07) is 0. The Morgan fingerprint density at radius 1 is 0.810 bits per heavy atom. The zero-order valence-electron chi connectivity index (χ0n) is 13.6. The molecule has 0 N–H and O–H groups in total. The van der Waals surface area contributed by atoms with Gasteiger partial charge in [-0.1, -0.05) is 77.6 Å². The zero-order valence-corrected chi connectivity index (χ0v) is 13.6. The normalized spacial score (nSPS) is 10.3. The monoisotopic (exact) mass is 300 g/mol. The average molecular weight is 300 g/mol. The van der Waals surface area contributed by atoms with Crippen molar-refractivity contribution in [2.45, 2.75) is 84.0 Å². The second kappa shape index (κ2) is 17.0. The van der Waals surface area contributed by atoms with Gasteiger partial charge in [-0.25, -0.2) is 4.79 Å². The molecule has 0 unspecified atom stereocenters. The summed E-state index contributed by atoms with van der Waals surface area (Å²) in [5, 5.41) is 0. The van der Waals surface area contributed by atoms with Crippen molar-refractivity contribution in [1.82, 2.24) is 0 Å². The van der Waals surface area contributed by atoms with Gasteiger partial charge in [0.15, 0.2) is 6.61 Å². The van der Waals surface area contributed by atoms with E-state index in [0.29, 0.717) is 6.61 Å². The van der Waals surface area contributed by atoms with E-state index in [4.69, 9.17) is 4.74 Å². The van der Waals surface area contributed by atoms with E-state index in [0.717, 1.165) is 12.8 Å². The molecule has 21 heavy (non-hydrogen) atoms. The molecule has 0 rings (SSSR count). The number of unbranched alkanes of at least 4 members (excludes halogenated alkanes) is 11. The molecule has 0 atom stereocenters. The highest BCUT2D eigenvalue weighted by molar-refractivity contribution is 5.71. The number of hydrogen-bond acceptors (Lipinski definition) is 4. The number of ether oxygens (including phenoxy) is 2. The van der Waals surface area contributed by atoms with E-state index in [2.05, 4.69) is 11.7 Å². The van der Waals surface area contributed by atoms with Crippen LogP contribution in [0.2, 0.25) is 0 Å². The number of esters is 1. The van der Waals surface area contributed by atoms with Gasteiger partial charge < -0.3 is 9.47 Å². The Hall–Kier alpha value is -1.06. The van der Waals surface area contributed by atoms with Crippen LogP contribution in [0.4, 0.5) is 0 Å².